The zero-order chi connectivity index (χ0) is 41.5. The van der Waals surface area contributed by atoms with Crippen LogP contribution in [0, 0.1) is 11.3 Å². The summed E-state index contributed by atoms with van der Waals surface area (Å²) in [5, 5.41) is 44.1. The lowest BCUT2D eigenvalue weighted by atomic mass is 9.98. The highest BCUT2D eigenvalue weighted by molar-refractivity contribution is 6.36. The van der Waals surface area contributed by atoms with Gasteiger partial charge in [-0.05, 0) is 47.9 Å². The minimum atomic E-state index is -1.20. The molecule has 4 heterocycles. The van der Waals surface area contributed by atoms with E-state index < -0.39 is 18.6 Å². The van der Waals surface area contributed by atoms with E-state index in [0.29, 0.717) is 69.1 Å². The van der Waals surface area contributed by atoms with Crippen LogP contribution in [0.3, 0.4) is 0 Å². The molecule has 59 heavy (non-hydrogen) atoms. The van der Waals surface area contributed by atoms with Crippen LogP contribution >= 0.6 is 23.2 Å². The Morgan fingerprint density at radius 1 is 1.03 bits per heavy atom. The number of aromatic nitrogens is 4. The minimum absolute atomic E-state index is 0.0449. The van der Waals surface area contributed by atoms with Crippen LogP contribution in [0.25, 0.3) is 33.3 Å². The van der Waals surface area contributed by atoms with Gasteiger partial charge < -0.3 is 30.3 Å². The van der Waals surface area contributed by atoms with Gasteiger partial charge >= 0.3 is 5.97 Å². The lowest BCUT2D eigenvalue weighted by Gasteiger charge is -2.18. The number of fused-ring (bicyclic) bond motifs is 1. The van der Waals surface area contributed by atoms with Crippen LogP contribution in [-0.4, -0.2) is 74.2 Å². The summed E-state index contributed by atoms with van der Waals surface area (Å²) in [5.74, 6) is -0.210. The summed E-state index contributed by atoms with van der Waals surface area (Å²) >= 11 is 14.0. The average Bonchev–Trinajstić information content (AvgIpc) is 3.86. The fraction of sp³-hybridized carbons (Fsp3) is 0.256. The molecule has 1 aliphatic heterocycles. The van der Waals surface area contributed by atoms with Crippen molar-refractivity contribution in [3.05, 3.63) is 123 Å². The number of carboxylic acids is 1. The molecule has 0 saturated carbocycles. The molecule has 5 N–H and O–H groups in total. The zero-order valence-electron chi connectivity index (χ0n) is 31.9. The van der Waals surface area contributed by atoms with Gasteiger partial charge in [0, 0.05) is 82.7 Å². The molecule has 0 aliphatic carbocycles. The highest BCUT2D eigenvalue weighted by atomic mass is 35.5. The zero-order valence-corrected chi connectivity index (χ0v) is 33.4. The molecule has 1 aliphatic rings. The first-order valence-electron chi connectivity index (χ1n) is 18.8. The maximum absolute atomic E-state index is 11.6. The second-order valence-electron chi connectivity index (χ2n) is 14.0. The van der Waals surface area contributed by atoms with Crippen LogP contribution in [0.1, 0.15) is 40.7 Å². The maximum atomic E-state index is 11.6. The van der Waals surface area contributed by atoms with Crippen LogP contribution in [0.4, 0.5) is 0 Å². The highest BCUT2D eigenvalue weighted by Crippen LogP contribution is 2.40. The van der Waals surface area contributed by atoms with Gasteiger partial charge in [-0.15, -0.1) is 0 Å². The standard InChI is InChI=1S/C43H40Cl2N8O6/c1-58-42-27(18-48-20-30-9-11-40(55)51-30)8-10-36(52-42)33-6-2-5-32(41(33)45)31-4-3-7-38-34(31)21-50-53(38)22-29-14-39(59-24-26-12-25(15-46)16-47-17-26)28(13-35(29)44)19-49-37(23-54)43(56)57/h2-8,10,12-14,16-17,21,30,37,48-49,54H,9,11,18-20,22-24H2,1H3,(H,51,55)(H,56,57)/t30-,37?/m0/s1. The van der Waals surface area contributed by atoms with Gasteiger partial charge in [0.2, 0.25) is 11.8 Å². The fourth-order valence-corrected chi connectivity index (χ4v) is 7.56. The predicted molar refractivity (Wildman–Crippen MR) is 222 cm³/mol. The van der Waals surface area contributed by atoms with Crippen LogP contribution in [0.5, 0.6) is 11.6 Å². The van der Waals surface area contributed by atoms with E-state index in [9.17, 15) is 25.1 Å². The van der Waals surface area contributed by atoms with Crippen molar-refractivity contribution in [1.29, 1.82) is 5.26 Å². The smallest absolute Gasteiger partial charge is 0.323 e. The summed E-state index contributed by atoms with van der Waals surface area (Å²) in [6.45, 7) is 0.970. The number of nitrogens with zero attached hydrogens (tertiary/aromatic N) is 5. The van der Waals surface area contributed by atoms with E-state index >= 15 is 0 Å². The number of hydrogen-bond acceptors (Lipinski definition) is 11. The highest BCUT2D eigenvalue weighted by Gasteiger charge is 2.22. The SMILES string of the molecule is COc1nc(-c2cccc(-c3cccc4c3cnn4Cc3cc(OCc4cncc(C#N)c4)c(CNC(CO)C(=O)O)cc3Cl)c2Cl)ccc1CNC[C@@H]1CCC(=O)N1. The molecular weight excluding hydrogens is 795 g/mol. The topological polar surface area (TPSA) is 197 Å². The van der Waals surface area contributed by atoms with Gasteiger partial charge in [-0.1, -0.05) is 59.6 Å². The molecule has 1 saturated heterocycles. The number of benzene rings is 3. The van der Waals surface area contributed by atoms with Crippen molar-refractivity contribution in [3.8, 4) is 40.1 Å². The number of rotatable bonds is 17. The number of carbonyl (C=O) groups is 2. The van der Waals surface area contributed by atoms with Crippen molar-refractivity contribution in [1.82, 2.24) is 35.7 Å². The molecule has 16 heteroatoms. The molecule has 7 rings (SSSR count). The molecule has 6 aromatic rings. The number of hydrogen-bond donors (Lipinski definition) is 5. The third kappa shape index (κ3) is 9.46. The van der Waals surface area contributed by atoms with Crippen molar-refractivity contribution in [2.45, 2.75) is 51.2 Å². The predicted octanol–water partition coefficient (Wildman–Crippen LogP) is 5.88. The second kappa shape index (κ2) is 18.7. The maximum Gasteiger partial charge on any atom is 0.323 e. The van der Waals surface area contributed by atoms with Crippen LogP contribution in [-0.2, 0) is 35.8 Å². The molecule has 0 radical (unpaired) electrons. The molecule has 302 valence electrons. The Morgan fingerprint density at radius 2 is 1.85 bits per heavy atom. The van der Waals surface area contributed by atoms with Crippen LogP contribution in [0.2, 0.25) is 10.0 Å². The first-order valence-corrected chi connectivity index (χ1v) is 19.5. The third-order valence-corrected chi connectivity index (χ3v) is 10.8. The van der Waals surface area contributed by atoms with Gasteiger partial charge in [0.05, 0.1) is 48.3 Å². The number of nitriles is 1. The van der Waals surface area contributed by atoms with Gasteiger partial charge in [0.15, 0.2) is 0 Å². The van der Waals surface area contributed by atoms with Crippen molar-refractivity contribution >= 4 is 46.0 Å². The van der Waals surface area contributed by atoms with Gasteiger partial charge in [0.25, 0.3) is 0 Å². The summed E-state index contributed by atoms with van der Waals surface area (Å²) in [5.41, 5.74) is 7.06. The quantitative estimate of drug-likeness (QED) is 0.0734. The number of methoxy groups -OCH3 is 1. The number of amides is 1. The molecule has 1 fully saturated rings. The molecule has 14 nitrogen and oxygen atoms in total. The van der Waals surface area contributed by atoms with E-state index in [4.69, 9.17) is 42.8 Å². The largest absolute Gasteiger partial charge is 0.489 e. The molecule has 0 spiro atoms. The Bertz CT molecular complexity index is 2560. The number of carbonyl (C=O) groups excluding carboxylic acids is 1. The summed E-state index contributed by atoms with van der Waals surface area (Å²) < 4.78 is 13.7. The summed E-state index contributed by atoms with van der Waals surface area (Å²) in [6.07, 6.45) is 6.21. The van der Waals surface area contributed by atoms with Gasteiger partial charge in [-0.25, -0.2) is 4.98 Å². The number of carboxylic acid groups (broad SMARTS) is 1. The first-order chi connectivity index (χ1) is 28.6. The van der Waals surface area contributed by atoms with E-state index in [2.05, 4.69) is 27.0 Å². The number of ether oxygens (including phenoxy) is 2. The van der Waals surface area contributed by atoms with E-state index in [-0.39, 0.29) is 31.6 Å². The van der Waals surface area contributed by atoms with E-state index in [1.165, 1.54) is 6.20 Å². The Morgan fingerprint density at radius 3 is 2.61 bits per heavy atom. The number of aliphatic carboxylic acids is 1. The first kappa shape index (κ1) is 41.1. The van der Waals surface area contributed by atoms with E-state index in [1.807, 2.05) is 53.2 Å². The summed E-state index contributed by atoms with van der Waals surface area (Å²) in [7, 11) is 1.58. The van der Waals surface area contributed by atoms with Crippen molar-refractivity contribution in [2.24, 2.45) is 0 Å². The molecule has 1 amide bonds. The molecule has 1 unspecified atom stereocenters. The van der Waals surface area contributed by atoms with Crippen LogP contribution in [0.15, 0.2) is 85.3 Å². The Balaban J connectivity index is 1.14. The molecule has 0 bridgehead atoms. The van der Waals surface area contributed by atoms with E-state index in [1.54, 1.807) is 37.7 Å². The Hall–Kier alpha value is -6.08. The normalized spacial score (nSPS) is 14.2. The summed E-state index contributed by atoms with van der Waals surface area (Å²) in [4.78, 5) is 32.1. The van der Waals surface area contributed by atoms with Gasteiger partial charge in [0.1, 0.15) is 24.5 Å². The Labute approximate surface area is 349 Å². The van der Waals surface area contributed by atoms with Crippen molar-refractivity contribution in [2.75, 3.05) is 20.3 Å². The number of halogens is 2. The fourth-order valence-electron chi connectivity index (χ4n) is 6.99. The molecule has 3 aromatic heterocycles. The van der Waals surface area contributed by atoms with Gasteiger partial charge in [-0.3, -0.25) is 24.6 Å². The number of pyridine rings is 2. The second-order valence-corrected chi connectivity index (χ2v) is 14.8. The van der Waals surface area contributed by atoms with Crippen molar-refractivity contribution < 1.29 is 29.3 Å². The molecular formula is C43H40Cl2N8O6. The number of aliphatic hydroxyl groups is 1. The van der Waals surface area contributed by atoms with Gasteiger partial charge in [-0.2, -0.15) is 10.4 Å². The molecule has 3 aromatic carbocycles. The van der Waals surface area contributed by atoms with E-state index in [0.717, 1.165) is 39.6 Å². The average molecular weight is 836 g/mol. The van der Waals surface area contributed by atoms with Crippen molar-refractivity contribution in [3.63, 3.8) is 0 Å². The third-order valence-electron chi connectivity index (χ3n) is 10.1. The van der Waals surface area contributed by atoms with Crippen LogP contribution < -0.4 is 25.4 Å². The monoisotopic (exact) mass is 834 g/mol. The lowest BCUT2D eigenvalue weighted by Crippen LogP contribution is -2.39. The minimum Gasteiger partial charge on any atom is -0.489 e. The lowest BCUT2D eigenvalue weighted by molar-refractivity contribution is -0.140. The summed E-state index contributed by atoms with van der Waals surface area (Å²) in [6, 6.07) is 21.7. The molecule has 2 atom stereocenters. The number of aliphatic hydroxyl groups excluding tert-OH is 1. The number of nitrogens with one attached hydrogen (secondary N) is 3. The Kier molecular flexibility index (Phi) is 13.0.